The summed E-state index contributed by atoms with van der Waals surface area (Å²) in [6.07, 6.45) is 2.78. The van der Waals surface area contributed by atoms with Crippen LogP contribution in [0.2, 0.25) is 87.9 Å². The van der Waals surface area contributed by atoms with Crippen LogP contribution in [0.5, 0.6) is 0 Å². The zero-order chi connectivity index (χ0) is 25.7. The second-order valence-corrected chi connectivity index (χ2v) is 39.0. The smallest absolute Gasteiger partial charge is 0.0453 e. The van der Waals surface area contributed by atoms with E-state index in [0.29, 0.717) is 21.7 Å². The maximum Gasteiger partial charge on any atom is 0.0453 e. The van der Waals surface area contributed by atoms with Crippen LogP contribution in [0, 0.1) is 21.7 Å². The minimum absolute atomic E-state index is 0.497. The largest absolute Gasteiger partial charge is 0.0695 e. The SMILES string of the molecule is CCC1(C(C)(C)C)C[Si](C)(C)C[Si](C)(C)C1.CCC1(C(C)(C)C)C[Si](C)(C)C[Si](C)(C)C1. The summed E-state index contributed by atoms with van der Waals surface area (Å²) in [6, 6.07) is 6.26. The van der Waals surface area contributed by atoms with E-state index in [0.717, 1.165) is 0 Å². The number of hydrogen-bond donors (Lipinski definition) is 0. The summed E-state index contributed by atoms with van der Waals surface area (Å²) in [4.78, 5) is 0. The number of rotatable bonds is 2. The van der Waals surface area contributed by atoms with Gasteiger partial charge in [-0.15, -0.1) is 0 Å². The molecule has 4 heteroatoms. The Morgan fingerprint density at radius 1 is 0.469 bits per heavy atom. The number of hydrogen-bond acceptors (Lipinski definition) is 0. The predicted molar refractivity (Wildman–Crippen MR) is 163 cm³/mol. The molecule has 0 nitrogen and oxygen atoms in total. The van der Waals surface area contributed by atoms with Gasteiger partial charge in [-0.3, -0.25) is 0 Å². The van der Waals surface area contributed by atoms with E-state index in [-0.39, 0.29) is 0 Å². The van der Waals surface area contributed by atoms with Crippen molar-refractivity contribution in [2.75, 3.05) is 0 Å². The summed E-state index contributed by atoms with van der Waals surface area (Å²) in [5, 5.41) is 0. The molecule has 0 aromatic heterocycles. The standard InChI is InChI=1S/2C14H32Si2/c2*1-9-14(13(2,3)4)10-15(5,6)12-16(7,8)11-14/h2*9-12H2,1-8H3. The van der Waals surface area contributed by atoms with Crippen LogP contribution in [-0.4, -0.2) is 32.3 Å². The van der Waals surface area contributed by atoms with Gasteiger partial charge in [0.2, 0.25) is 0 Å². The lowest BCUT2D eigenvalue weighted by atomic mass is 9.67. The van der Waals surface area contributed by atoms with Gasteiger partial charge in [0.05, 0.1) is 0 Å². The highest BCUT2D eigenvalue weighted by molar-refractivity contribution is 6.97. The second-order valence-electron chi connectivity index (χ2n) is 17.5. The van der Waals surface area contributed by atoms with Crippen LogP contribution in [0.1, 0.15) is 68.2 Å². The van der Waals surface area contributed by atoms with E-state index < -0.39 is 32.3 Å². The third-order valence-corrected chi connectivity index (χ3v) is 31.6. The van der Waals surface area contributed by atoms with Gasteiger partial charge >= 0.3 is 0 Å². The van der Waals surface area contributed by atoms with Crippen molar-refractivity contribution < 1.29 is 0 Å². The first-order valence-electron chi connectivity index (χ1n) is 13.9. The molecule has 0 saturated carbocycles. The third kappa shape index (κ3) is 7.43. The lowest BCUT2D eigenvalue weighted by Crippen LogP contribution is -2.55. The first-order valence-corrected chi connectivity index (χ1v) is 27.5. The lowest BCUT2D eigenvalue weighted by molar-refractivity contribution is 0.120. The fourth-order valence-electron chi connectivity index (χ4n) is 9.25. The fraction of sp³-hybridized carbons (Fsp3) is 1.00. The molecule has 0 aliphatic carbocycles. The van der Waals surface area contributed by atoms with Crippen LogP contribution >= 0.6 is 0 Å². The van der Waals surface area contributed by atoms with Crippen molar-refractivity contribution in [3.8, 4) is 0 Å². The monoisotopic (exact) mass is 512 g/mol. The normalized spacial score (nSPS) is 27.8. The van der Waals surface area contributed by atoms with Crippen molar-refractivity contribution in [1.82, 2.24) is 0 Å². The zero-order valence-corrected chi connectivity index (χ0v) is 29.7. The van der Waals surface area contributed by atoms with Crippen molar-refractivity contribution >= 4 is 32.3 Å². The molecule has 2 heterocycles. The molecule has 0 amide bonds. The van der Waals surface area contributed by atoms with E-state index in [1.165, 1.54) is 12.8 Å². The molecule has 192 valence electrons. The quantitative estimate of drug-likeness (QED) is 0.323. The van der Waals surface area contributed by atoms with Gasteiger partial charge in [0.25, 0.3) is 0 Å². The first-order chi connectivity index (χ1) is 13.9. The second kappa shape index (κ2) is 9.39. The van der Waals surface area contributed by atoms with Crippen LogP contribution in [0.25, 0.3) is 0 Å². The maximum atomic E-state index is 2.64. The average Bonchev–Trinajstić information content (AvgIpc) is 2.47. The zero-order valence-electron chi connectivity index (χ0n) is 25.7. The molecule has 2 rings (SSSR count). The Balaban J connectivity index is 0.000000320. The minimum Gasteiger partial charge on any atom is -0.0695 e. The summed E-state index contributed by atoms with van der Waals surface area (Å²) in [5.74, 6) is 0. The van der Waals surface area contributed by atoms with E-state index in [4.69, 9.17) is 0 Å². The summed E-state index contributed by atoms with van der Waals surface area (Å²) in [6.45, 7) is 40.9. The third-order valence-electron chi connectivity index (χ3n) is 9.72. The molecule has 0 spiro atoms. The van der Waals surface area contributed by atoms with Gasteiger partial charge in [0.1, 0.15) is 0 Å². The maximum absolute atomic E-state index is 2.64. The van der Waals surface area contributed by atoms with Gasteiger partial charge < -0.3 is 0 Å². The predicted octanol–water partition coefficient (Wildman–Crippen LogP) is 10.8. The Hall–Kier alpha value is 0.868. The highest BCUT2D eigenvalue weighted by atomic mass is 28.4. The summed E-state index contributed by atoms with van der Waals surface area (Å²) in [7, 11) is -3.72. The Kier molecular flexibility index (Phi) is 9.07. The van der Waals surface area contributed by atoms with Crippen molar-refractivity contribution in [1.29, 1.82) is 0 Å². The van der Waals surface area contributed by atoms with Gasteiger partial charge in [-0.05, 0) is 21.7 Å². The Morgan fingerprint density at radius 3 is 0.781 bits per heavy atom. The van der Waals surface area contributed by atoms with E-state index in [9.17, 15) is 0 Å². The van der Waals surface area contributed by atoms with Gasteiger partial charge in [0.15, 0.2) is 0 Å². The molecule has 0 radical (unpaired) electrons. The summed E-state index contributed by atoms with van der Waals surface area (Å²) in [5.41, 5.74) is 5.59. The van der Waals surface area contributed by atoms with Gasteiger partial charge in [0, 0.05) is 32.3 Å². The van der Waals surface area contributed by atoms with E-state index in [1.807, 2.05) is 0 Å². The van der Waals surface area contributed by atoms with Crippen molar-refractivity contribution in [2.45, 2.75) is 156 Å². The van der Waals surface area contributed by atoms with Crippen LogP contribution < -0.4 is 0 Å². The molecule has 0 aromatic carbocycles. The van der Waals surface area contributed by atoms with Crippen molar-refractivity contribution in [2.24, 2.45) is 21.7 Å². The van der Waals surface area contributed by atoms with E-state index in [1.54, 1.807) is 35.5 Å². The van der Waals surface area contributed by atoms with Crippen LogP contribution in [-0.2, 0) is 0 Å². The average molecular weight is 513 g/mol. The molecule has 0 atom stereocenters. The molecule has 2 saturated heterocycles. The van der Waals surface area contributed by atoms with Gasteiger partial charge in [-0.25, -0.2) is 0 Å². The highest BCUT2D eigenvalue weighted by Crippen LogP contribution is 2.58. The molecule has 2 aliphatic rings. The molecule has 32 heavy (non-hydrogen) atoms. The van der Waals surface area contributed by atoms with Gasteiger partial charge in [-0.2, -0.15) is 0 Å². The van der Waals surface area contributed by atoms with Crippen LogP contribution in [0.3, 0.4) is 0 Å². The minimum atomic E-state index is -0.930. The van der Waals surface area contributed by atoms with Gasteiger partial charge in [-0.1, -0.05) is 156 Å². The van der Waals surface area contributed by atoms with E-state index >= 15 is 0 Å². The van der Waals surface area contributed by atoms with E-state index in [2.05, 4.69) is 108 Å². The molecule has 2 aliphatic heterocycles. The first kappa shape index (κ1) is 30.9. The summed E-state index contributed by atoms with van der Waals surface area (Å²) < 4.78 is 0. The molecule has 0 unspecified atom stereocenters. The highest BCUT2D eigenvalue weighted by Gasteiger charge is 2.53. The Morgan fingerprint density at radius 2 is 0.656 bits per heavy atom. The molecule has 2 fully saturated rings. The van der Waals surface area contributed by atoms with Crippen molar-refractivity contribution in [3.63, 3.8) is 0 Å². The molecule has 0 N–H and O–H groups in total. The Bertz CT molecular complexity index is 541. The molecular formula is C28H64Si4. The molecule has 0 bridgehead atoms. The fourth-order valence-corrected chi connectivity index (χ4v) is 43.4. The topological polar surface area (TPSA) is 0 Å². The van der Waals surface area contributed by atoms with Crippen LogP contribution in [0.4, 0.5) is 0 Å². The van der Waals surface area contributed by atoms with Crippen LogP contribution in [0.15, 0.2) is 0 Å². The summed E-state index contributed by atoms with van der Waals surface area (Å²) >= 11 is 0. The Labute approximate surface area is 209 Å². The lowest BCUT2D eigenvalue weighted by Gasteiger charge is -2.56. The van der Waals surface area contributed by atoms with Crippen molar-refractivity contribution in [3.05, 3.63) is 0 Å². The molecule has 0 aromatic rings. The molecular weight excluding hydrogens is 449 g/mol.